The molecule has 0 aliphatic heterocycles. The van der Waals surface area contributed by atoms with E-state index in [1.165, 1.54) is 11.3 Å². The number of anilines is 4. The Morgan fingerprint density at radius 2 is 1.72 bits per heavy atom. The maximum absolute atomic E-state index is 15.5. The van der Waals surface area contributed by atoms with Crippen molar-refractivity contribution < 1.29 is 27.8 Å². The molecule has 0 aliphatic carbocycles. The lowest BCUT2D eigenvalue weighted by molar-refractivity contribution is -0.136. The maximum Gasteiger partial charge on any atom is 0.315 e. The number of hydrogen-bond acceptors (Lipinski definition) is 8. The molecule has 0 bridgehead atoms. The Balaban J connectivity index is 1.51. The van der Waals surface area contributed by atoms with Crippen LogP contribution in [0.3, 0.4) is 0 Å². The second-order valence-corrected chi connectivity index (χ2v) is 9.44. The van der Waals surface area contributed by atoms with Gasteiger partial charge in [0.1, 0.15) is 23.1 Å². The predicted molar refractivity (Wildman–Crippen MR) is 142 cm³/mol. The number of benzene rings is 3. The number of aromatic nitrogens is 3. The van der Waals surface area contributed by atoms with Crippen molar-refractivity contribution in [3.8, 4) is 5.75 Å². The number of methoxy groups -OCH3 is 1. The van der Waals surface area contributed by atoms with Crippen molar-refractivity contribution in [1.82, 2.24) is 15.0 Å². The molecule has 3 aromatic carbocycles. The van der Waals surface area contributed by atoms with Gasteiger partial charge in [0.25, 0.3) is 0 Å². The third-order valence-corrected chi connectivity index (χ3v) is 6.58. The molecule has 5 aromatic rings. The van der Waals surface area contributed by atoms with E-state index in [1.807, 2.05) is 6.07 Å². The molecule has 12 heteroatoms. The molecular weight excluding hydrogens is 531 g/mol. The molecule has 0 spiro atoms. The maximum atomic E-state index is 15.5. The quantitative estimate of drug-likeness (QED) is 0.191. The second-order valence-electron chi connectivity index (χ2n) is 8.41. The number of thiazole rings is 1. The van der Waals surface area contributed by atoms with Crippen LogP contribution in [0.5, 0.6) is 5.75 Å². The van der Waals surface area contributed by atoms with Gasteiger partial charge in [0.15, 0.2) is 5.13 Å². The molecule has 198 valence electrons. The minimum Gasteiger partial charge on any atom is -0.497 e. The van der Waals surface area contributed by atoms with E-state index in [0.717, 1.165) is 35.0 Å². The highest BCUT2D eigenvalue weighted by Crippen LogP contribution is 2.37. The first kappa shape index (κ1) is 25.9. The molecule has 8 nitrogen and oxygen atoms in total. The molecule has 2 heterocycles. The third kappa shape index (κ3) is 5.91. The Labute approximate surface area is 224 Å². The van der Waals surface area contributed by atoms with Crippen molar-refractivity contribution in [2.45, 2.75) is 12.3 Å². The van der Waals surface area contributed by atoms with Crippen molar-refractivity contribution in [2.24, 2.45) is 0 Å². The van der Waals surface area contributed by atoms with Crippen LogP contribution in [0.25, 0.3) is 10.2 Å². The monoisotopic (exact) mass is 551 g/mol. The molecule has 0 fully saturated rings. The van der Waals surface area contributed by atoms with Crippen LogP contribution < -0.4 is 15.4 Å². The molecule has 0 unspecified atom stereocenters. The second kappa shape index (κ2) is 10.6. The average Bonchev–Trinajstić information content (AvgIpc) is 3.31. The van der Waals surface area contributed by atoms with Crippen LogP contribution in [0.15, 0.2) is 72.8 Å². The molecule has 0 atom stereocenters. The van der Waals surface area contributed by atoms with Gasteiger partial charge < -0.3 is 20.5 Å². The van der Waals surface area contributed by atoms with E-state index in [1.54, 1.807) is 43.5 Å². The Bertz CT molecular complexity index is 1640. The Morgan fingerprint density at radius 1 is 0.974 bits per heavy atom. The van der Waals surface area contributed by atoms with Crippen LogP contribution in [-0.2, 0) is 17.1 Å². The van der Waals surface area contributed by atoms with Crippen LogP contribution >= 0.6 is 11.3 Å². The highest BCUT2D eigenvalue weighted by Gasteiger charge is 2.37. The Morgan fingerprint density at radius 3 is 2.41 bits per heavy atom. The fourth-order valence-corrected chi connectivity index (χ4v) is 4.64. The number of fused-ring (bicyclic) bond motifs is 1. The molecule has 3 N–H and O–H groups in total. The van der Waals surface area contributed by atoms with Gasteiger partial charge in [-0.2, -0.15) is 13.8 Å². The fraction of sp³-hybridized carbons (Fsp3) is 0.111. The summed E-state index contributed by atoms with van der Waals surface area (Å²) >= 11 is 1.29. The van der Waals surface area contributed by atoms with E-state index >= 15 is 8.78 Å². The van der Waals surface area contributed by atoms with E-state index in [-0.39, 0.29) is 18.2 Å². The first-order valence-corrected chi connectivity index (χ1v) is 12.3. The zero-order valence-corrected chi connectivity index (χ0v) is 21.1. The summed E-state index contributed by atoms with van der Waals surface area (Å²) in [5, 5.41) is 15.2. The lowest BCUT2D eigenvalue weighted by atomic mass is 10.1. The van der Waals surface area contributed by atoms with Crippen molar-refractivity contribution >= 4 is 50.1 Å². The lowest BCUT2D eigenvalue weighted by Gasteiger charge is -2.18. The Kier molecular flexibility index (Phi) is 7.03. The topological polar surface area (TPSA) is 109 Å². The largest absolute Gasteiger partial charge is 0.497 e. The Hall–Kier alpha value is -4.71. The summed E-state index contributed by atoms with van der Waals surface area (Å²) in [4.78, 5) is 23.8. The summed E-state index contributed by atoms with van der Waals surface area (Å²) in [5.41, 5.74) is 0.655. The predicted octanol–water partition coefficient (Wildman–Crippen LogP) is 6.49. The van der Waals surface area contributed by atoms with Gasteiger partial charge in [0.05, 0.1) is 23.7 Å². The zero-order chi connectivity index (χ0) is 27.6. The minimum atomic E-state index is -3.57. The van der Waals surface area contributed by atoms with Crippen LogP contribution in [0.4, 0.5) is 35.8 Å². The van der Waals surface area contributed by atoms with Gasteiger partial charge in [0, 0.05) is 17.3 Å². The first-order chi connectivity index (χ1) is 18.7. The van der Waals surface area contributed by atoms with Gasteiger partial charge in [-0.25, -0.2) is 14.4 Å². The normalized spacial score (nSPS) is 11.4. The number of halogens is 3. The summed E-state index contributed by atoms with van der Waals surface area (Å²) in [6.07, 6.45) is -0.154. The number of aliphatic carboxylic acids is 1. The minimum absolute atomic E-state index is 0.0535. The number of alkyl halides is 2. The van der Waals surface area contributed by atoms with Crippen molar-refractivity contribution in [2.75, 3.05) is 17.7 Å². The van der Waals surface area contributed by atoms with Crippen LogP contribution in [0, 0.1) is 5.82 Å². The lowest BCUT2D eigenvalue weighted by Crippen LogP contribution is -2.19. The van der Waals surface area contributed by atoms with E-state index in [4.69, 9.17) is 9.84 Å². The number of rotatable bonds is 9. The van der Waals surface area contributed by atoms with E-state index < -0.39 is 29.0 Å². The third-order valence-electron chi connectivity index (χ3n) is 5.65. The number of carboxylic acids is 1. The zero-order valence-electron chi connectivity index (χ0n) is 20.3. The summed E-state index contributed by atoms with van der Waals surface area (Å²) in [6.45, 7) is 0. The number of nitrogens with zero attached hydrogens (tertiary/aromatic N) is 3. The molecule has 0 aliphatic rings. The van der Waals surface area contributed by atoms with Crippen molar-refractivity contribution in [1.29, 1.82) is 0 Å². The number of hydrogen-bond donors (Lipinski definition) is 3. The van der Waals surface area contributed by atoms with Gasteiger partial charge in [-0.3, -0.25) is 4.79 Å². The summed E-state index contributed by atoms with van der Waals surface area (Å²) in [6, 6.07) is 16.8. The smallest absolute Gasteiger partial charge is 0.315 e. The average molecular weight is 552 g/mol. The molecule has 0 radical (unpaired) electrons. The molecule has 5 rings (SSSR count). The SMILES string of the molecule is COc1ccc2nc(Nc3cc(C(F)(F)c4ccc(F)cc4)nc(Nc4ccc(CC(=O)O)cc4)n3)sc2c1. The van der Waals surface area contributed by atoms with Crippen LogP contribution in [0.2, 0.25) is 0 Å². The highest BCUT2D eigenvalue weighted by molar-refractivity contribution is 7.22. The number of ether oxygens (including phenoxy) is 1. The number of nitrogens with one attached hydrogen (secondary N) is 2. The van der Waals surface area contributed by atoms with Crippen molar-refractivity contribution in [3.05, 3.63) is 95.4 Å². The van der Waals surface area contributed by atoms with Gasteiger partial charge >= 0.3 is 11.9 Å². The van der Waals surface area contributed by atoms with Crippen molar-refractivity contribution in [3.63, 3.8) is 0 Å². The molecular formula is C27H20F3N5O3S. The van der Waals surface area contributed by atoms with Crippen LogP contribution in [0.1, 0.15) is 16.8 Å². The molecule has 2 aromatic heterocycles. The fourth-order valence-electron chi connectivity index (χ4n) is 3.74. The molecule has 0 amide bonds. The van der Waals surface area contributed by atoms with Gasteiger partial charge in [-0.05, 0) is 60.2 Å². The summed E-state index contributed by atoms with van der Waals surface area (Å²) in [5.74, 6) is -4.61. The number of carboxylic acid groups (broad SMARTS) is 1. The summed E-state index contributed by atoms with van der Waals surface area (Å²) in [7, 11) is 1.55. The molecule has 0 saturated heterocycles. The van der Waals surface area contributed by atoms with Gasteiger partial charge in [-0.15, -0.1) is 0 Å². The summed E-state index contributed by atoms with van der Waals surface area (Å²) < 4.78 is 50.5. The van der Waals surface area contributed by atoms with E-state index in [2.05, 4.69) is 25.6 Å². The first-order valence-electron chi connectivity index (χ1n) is 11.5. The molecule has 39 heavy (non-hydrogen) atoms. The van der Waals surface area contributed by atoms with Gasteiger partial charge in [-0.1, -0.05) is 23.5 Å². The molecule has 0 saturated carbocycles. The number of carbonyl (C=O) groups is 1. The van der Waals surface area contributed by atoms with E-state index in [0.29, 0.717) is 27.6 Å². The van der Waals surface area contributed by atoms with Crippen LogP contribution in [-0.4, -0.2) is 33.1 Å². The van der Waals surface area contributed by atoms with Gasteiger partial charge in [0.2, 0.25) is 5.95 Å². The van der Waals surface area contributed by atoms with E-state index in [9.17, 15) is 9.18 Å². The standard InChI is InChI=1S/C27H20F3N5O3S/c1-38-19-10-11-20-21(13-19)39-26(32-20)35-23-14-22(27(29,30)16-4-6-17(28)7-5-16)33-25(34-23)31-18-8-2-15(3-9-18)12-24(36)37/h2-11,13-14H,12H2,1H3,(H,36,37)(H2,31,32,33,34,35). The highest BCUT2D eigenvalue weighted by atomic mass is 32.1.